The molecule has 0 aliphatic heterocycles. The molecule has 5 rings (SSSR count). The van der Waals surface area contributed by atoms with Crippen molar-refractivity contribution in [2.45, 2.75) is 27.7 Å². The molecule has 2 aromatic heterocycles. The van der Waals surface area contributed by atoms with Crippen LogP contribution in [0, 0.1) is 29.6 Å². The number of rotatable bonds is 3. The summed E-state index contributed by atoms with van der Waals surface area (Å²) in [6.45, 7) is 8.91. The summed E-state index contributed by atoms with van der Waals surface area (Å²) in [4.78, 5) is 8.37. The van der Waals surface area contributed by atoms with Gasteiger partial charge in [0.05, 0.1) is 11.4 Å². The first-order valence-electron chi connectivity index (χ1n) is 11.3. The van der Waals surface area contributed by atoms with Gasteiger partial charge in [0.2, 0.25) is 0 Å². The molecule has 6 radical (unpaired) electrons. The SMILES string of the molecule is C[C]1[C](C)[C](C)[C](c2ccc(-c3ccccc3)cc2)[C]1C.[Cl-].[Cl-].[Ir].c1ccc(-c2ccccn2)nc1. The first-order chi connectivity index (χ1) is 16.1. The van der Waals surface area contributed by atoms with E-state index in [0.29, 0.717) is 0 Å². The Morgan fingerprint density at radius 3 is 1.22 bits per heavy atom. The zero-order chi connectivity index (χ0) is 23.2. The molecular weight excluding hydrogens is 663 g/mol. The van der Waals surface area contributed by atoms with Crippen LogP contribution in [0.1, 0.15) is 33.3 Å². The summed E-state index contributed by atoms with van der Waals surface area (Å²) in [6.07, 6.45) is 3.54. The molecule has 0 spiro atoms. The minimum Gasteiger partial charge on any atom is -1.00 e. The molecule has 0 N–H and O–H groups in total. The van der Waals surface area contributed by atoms with Gasteiger partial charge in [-0.1, -0.05) is 94.4 Å². The van der Waals surface area contributed by atoms with Crippen LogP contribution in [-0.2, 0) is 20.1 Å². The summed E-state index contributed by atoms with van der Waals surface area (Å²) in [6, 6.07) is 31.1. The normalized spacial score (nSPS) is 14.6. The second-order valence-electron chi connectivity index (χ2n) is 8.25. The summed E-state index contributed by atoms with van der Waals surface area (Å²) < 4.78 is 0. The topological polar surface area (TPSA) is 25.8 Å². The Balaban J connectivity index is 0.000000373. The number of hydrogen-bond acceptors (Lipinski definition) is 2. The maximum absolute atomic E-state index is 4.19. The van der Waals surface area contributed by atoms with Crippen LogP contribution in [0.4, 0.5) is 0 Å². The average molecular weight is 693 g/mol. The van der Waals surface area contributed by atoms with Gasteiger partial charge in [-0.25, -0.2) is 0 Å². The molecule has 188 valence electrons. The van der Waals surface area contributed by atoms with Crippen LogP contribution in [-0.4, -0.2) is 9.97 Å². The fourth-order valence-electron chi connectivity index (χ4n) is 4.14. The Bertz CT molecular complexity index is 1070. The first-order valence-corrected chi connectivity index (χ1v) is 11.3. The van der Waals surface area contributed by atoms with E-state index in [-0.39, 0.29) is 44.9 Å². The van der Waals surface area contributed by atoms with E-state index in [1.54, 1.807) is 12.4 Å². The van der Waals surface area contributed by atoms with Crippen LogP contribution in [0.15, 0.2) is 103 Å². The van der Waals surface area contributed by atoms with Crippen molar-refractivity contribution in [3.63, 3.8) is 0 Å². The Morgan fingerprint density at radius 2 is 0.806 bits per heavy atom. The molecule has 1 saturated carbocycles. The zero-order valence-electron chi connectivity index (χ0n) is 20.8. The Morgan fingerprint density at radius 1 is 0.417 bits per heavy atom. The quantitative estimate of drug-likeness (QED) is 0.328. The van der Waals surface area contributed by atoms with E-state index in [1.165, 1.54) is 46.3 Å². The minimum atomic E-state index is 0. The van der Waals surface area contributed by atoms with Crippen LogP contribution >= 0.6 is 0 Å². The molecular formula is C31H29Cl2IrN2-2. The van der Waals surface area contributed by atoms with Crippen LogP contribution in [0.2, 0.25) is 0 Å². The van der Waals surface area contributed by atoms with Gasteiger partial charge in [-0.2, -0.15) is 0 Å². The molecule has 4 aromatic rings. The molecule has 0 unspecified atom stereocenters. The second kappa shape index (κ2) is 15.3. The van der Waals surface area contributed by atoms with Crippen molar-refractivity contribution in [2.24, 2.45) is 0 Å². The number of nitrogens with zero attached hydrogens (tertiary/aromatic N) is 2. The molecule has 0 saturated heterocycles. The Hall–Kier alpha value is -2.03. The van der Waals surface area contributed by atoms with Gasteiger partial charge in [0.15, 0.2) is 0 Å². The number of benzene rings is 2. The molecule has 1 aliphatic rings. The maximum atomic E-state index is 4.19. The standard InChI is InChI=1S/C21H21.C10H8N2.2ClH.Ir/c1-14-15(2)17(4)21(16(14)3)20-12-10-19(11-13-20)18-8-6-5-7-9-18;1-3-7-11-9(5-1)10-6-2-4-8-12-10;;;/h5-13H,1-4H3;1-8H;2*1H;/p-2. The fraction of sp³-hybridized carbons (Fsp3) is 0.129. The summed E-state index contributed by atoms with van der Waals surface area (Å²) in [7, 11) is 0. The third-order valence-electron chi connectivity index (χ3n) is 6.31. The van der Waals surface area contributed by atoms with Crippen molar-refractivity contribution in [3.05, 3.63) is 139 Å². The fourth-order valence-corrected chi connectivity index (χ4v) is 4.14. The van der Waals surface area contributed by atoms with Gasteiger partial charge in [0.1, 0.15) is 0 Å². The molecule has 2 heterocycles. The molecule has 2 aromatic carbocycles. The van der Waals surface area contributed by atoms with Gasteiger partial charge < -0.3 is 24.8 Å². The van der Waals surface area contributed by atoms with Gasteiger partial charge in [-0.15, -0.1) is 0 Å². The summed E-state index contributed by atoms with van der Waals surface area (Å²) in [5, 5.41) is 0. The van der Waals surface area contributed by atoms with E-state index in [0.717, 1.165) is 11.4 Å². The maximum Gasteiger partial charge on any atom is 0.0886 e. The molecule has 2 nitrogen and oxygen atoms in total. The van der Waals surface area contributed by atoms with Crippen molar-refractivity contribution in [2.75, 3.05) is 0 Å². The third-order valence-corrected chi connectivity index (χ3v) is 6.31. The van der Waals surface area contributed by atoms with Crippen LogP contribution in [0.25, 0.3) is 22.5 Å². The minimum absolute atomic E-state index is 0. The monoisotopic (exact) mass is 692 g/mol. The summed E-state index contributed by atoms with van der Waals surface area (Å²) >= 11 is 0. The predicted octanol–water partition coefficient (Wildman–Crippen LogP) is 1.82. The van der Waals surface area contributed by atoms with Gasteiger partial charge >= 0.3 is 0 Å². The molecule has 0 bridgehead atoms. The van der Waals surface area contributed by atoms with Gasteiger partial charge in [-0.05, 0) is 64.6 Å². The van der Waals surface area contributed by atoms with Gasteiger partial charge in [0.25, 0.3) is 0 Å². The Labute approximate surface area is 242 Å². The summed E-state index contributed by atoms with van der Waals surface area (Å²) in [5.74, 6) is 7.09. The van der Waals surface area contributed by atoms with E-state index in [1.807, 2.05) is 36.4 Å². The molecule has 1 aliphatic carbocycles. The third kappa shape index (κ3) is 7.49. The number of pyridine rings is 2. The van der Waals surface area contributed by atoms with E-state index < -0.39 is 0 Å². The largest absolute Gasteiger partial charge is 1.00 e. The van der Waals surface area contributed by atoms with E-state index in [2.05, 4.69) is 92.3 Å². The van der Waals surface area contributed by atoms with Crippen LogP contribution < -0.4 is 24.8 Å². The van der Waals surface area contributed by atoms with E-state index in [4.69, 9.17) is 0 Å². The van der Waals surface area contributed by atoms with Crippen LogP contribution in [0.3, 0.4) is 0 Å². The molecule has 0 atom stereocenters. The van der Waals surface area contributed by atoms with Crippen molar-refractivity contribution in [3.8, 4) is 22.5 Å². The Kier molecular flexibility index (Phi) is 13.6. The summed E-state index contributed by atoms with van der Waals surface area (Å²) in [5.41, 5.74) is 5.69. The average Bonchev–Trinajstić information content (AvgIpc) is 3.08. The first kappa shape index (κ1) is 32.0. The van der Waals surface area contributed by atoms with E-state index >= 15 is 0 Å². The molecule has 1 fully saturated rings. The number of aromatic nitrogens is 2. The van der Waals surface area contributed by atoms with Crippen molar-refractivity contribution in [1.29, 1.82) is 0 Å². The van der Waals surface area contributed by atoms with Crippen molar-refractivity contribution < 1.29 is 44.9 Å². The number of halogens is 2. The second-order valence-corrected chi connectivity index (χ2v) is 8.25. The predicted molar refractivity (Wildman–Crippen MR) is 137 cm³/mol. The molecule has 0 amide bonds. The zero-order valence-corrected chi connectivity index (χ0v) is 24.7. The molecule has 5 heteroatoms. The molecule has 36 heavy (non-hydrogen) atoms. The van der Waals surface area contributed by atoms with E-state index in [9.17, 15) is 0 Å². The van der Waals surface area contributed by atoms with Crippen molar-refractivity contribution in [1.82, 2.24) is 9.97 Å². The van der Waals surface area contributed by atoms with Gasteiger partial charge in [-0.3, -0.25) is 9.97 Å². The smallest absolute Gasteiger partial charge is 0.0886 e. The van der Waals surface area contributed by atoms with Crippen LogP contribution in [0.5, 0.6) is 0 Å². The van der Waals surface area contributed by atoms with Crippen molar-refractivity contribution >= 4 is 0 Å². The van der Waals surface area contributed by atoms with Gasteiger partial charge in [0, 0.05) is 38.4 Å². The number of hydrogen-bond donors (Lipinski definition) is 0.